The minimum atomic E-state index is 0.120. The van der Waals surface area contributed by atoms with Crippen LogP contribution in [0.15, 0.2) is 24.3 Å². The van der Waals surface area contributed by atoms with Crippen LogP contribution in [0.1, 0.15) is 37.0 Å². The van der Waals surface area contributed by atoms with E-state index >= 15 is 0 Å². The lowest BCUT2D eigenvalue weighted by atomic mass is 10.1. The van der Waals surface area contributed by atoms with Crippen LogP contribution in [0, 0.1) is 5.92 Å². The van der Waals surface area contributed by atoms with Crippen LogP contribution in [0.2, 0.25) is 0 Å². The molecular weight excluding hydrogens is 316 g/mol. The van der Waals surface area contributed by atoms with Crippen LogP contribution in [0.25, 0.3) is 0 Å². The number of piperazine rings is 1. The average Bonchev–Trinajstić information content (AvgIpc) is 3.13. The van der Waals surface area contributed by atoms with E-state index in [2.05, 4.69) is 18.7 Å². The van der Waals surface area contributed by atoms with E-state index in [1.807, 2.05) is 29.2 Å². The summed E-state index contributed by atoms with van der Waals surface area (Å²) in [6.07, 6.45) is 2.40. The van der Waals surface area contributed by atoms with Crippen molar-refractivity contribution < 1.29 is 14.3 Å². The first-order valence-electron chi connectivity index (χ1n) is 9.48. The van der Waals surface area contributed by atoms with Crippen molar-refractivity contribution in [3.63, 3.8) is 0 Å². The van der Waals surface area contributed by atoms with Gasteiger partial charge in [-0.2, -0.15) is 0 Å². The number of nitrogens with zero attached hydrogens (tertiary/aromatic N) is 2. The zero-order valence-corrected chi connectivity index (χ0v) is 15.4. The van der Waals surface area contributed by atoms with Crippen LogP contribution in [0.4, 0.5) is 0 Å². The molecule has 5 heteroatoms. The minimum absolute atomic E-state index is 0.120. The first-order chi connectivity index (χ1) is 12.1. The van der Waals surface area contributed by atoms with Crippen LogP contribution < -0.4 is 4.74 Å². The lowest BCUT2D eigenvalue weighted by Gasteiger charge is -2.35. The van der Waals surface area contributed by atoms with Gasteiger partial charge in [0, 0.05) is 44.9 Å². The summed E-state index contributed by atoms with van der Waals surface area (Å²) in [4.78, 5) is 17.1. The van der Waals surface area contributed by atoms with E-state index < -0.39 is 0 Å². The highest BCUT2D eigenvalue weighted by Gasteiger charge is 2.22. The molecule has 1 aromatic rings. The molecule has 1 unspecified atom stereocenters. The zero-order valence-electron chi connectivity index (χ0n) is 15.4. The molecule has 1 aromatic carbocycles. The molecule has 5 nitrogen and oxygen atoms in total. The molecule has 2 fully saturated rings. The van der Waals surface area contributed by atoms with Crippen molar-refractivity contribution >= 4 is 5.91 Å². The highest BCUT2D eigenvalue weighted by Crippen LogP contribution is 2.18. The van der Waals surface area contributed by atoms with Gasteiger partial charge in [-0.1, -0.05) is 13.8 Å². The van der Waals surface area contributed by atoms with Crippen molar-refractivity contribution in [2.45, 2.75) is 32.8 Å². The Bertz CT molecular complexity index is 545. The third-order valence-corrected chi connectivity index (χ3v) is 4.84. The number of hydrogen-bond donors (Lipinski definition) is 0. The highest BCUT2D eigenvalue weighted by atomic mass is 16.5. The molecule has 2 aliphatic rings. The van der Waals surface area contributed by atoms with Gasteiger partial charge in [0.2, 0.25) is 0 Å². The van der Waals surface area contributed by atoms with E-state index in [-0.39, 0.29) is 12.0 Å². The third-order valence-electron chi connectivity index (χ3n) is 4.84. The standard InChI is InChI=1S/C20H30N2O3/c1-16(2)14-21-9-11-22(12-10-21)20(23)17-5-7-18(8-6-17)25-15-19-4-3-13-24-19/h5-8,16,19H,3-4,9-15H2,1-2H3. The van der Waals surface area contributed by atoms with Gasteiger partial charge in [-0.3, -0.25) is 9.69 Å². The van der Waals surface area contributed by atoms with E-state index in [0.29, 0.717) is 12.5 Å². The van der Waals surface area contributed by atoms with Gasteiger partial charge in [0.25, 0.3) is 5.91 Å². The largest absolute Gasteiger partial charge is 0.491 e. The fraction of sp³-hybridized carbons (Fsp3) is 0.650. The zero-order chi connectivity index (χ0) is 17.6. The van der Waals surface area contributed by atoms with Crippen molar-refractivity contribution in [2.75, 3.05) is 45.9 Å². The molecule has 2 heterocycles. The Morgan fingerprint density at radius 3 is 2.52 bits per heavy atom. The van der Waals surface area contributed by atoms with E-state index in [1.54, 1.807) is 0 Å². The summed E-state index contributed by atoms with van der Waals surface area (Å²) in [5.41, 5.74) is 0.738. The van der Waals surface area contributed by atoms with Crippen molar-refractivity contribution in [3.05, 3.63) is 29.8 Å². The van der Waals surface area contributed by atoms with Gasteiger partial charge < -0.3 is 14.4 Å². The van der Waals surface area contributed by atoms with Crippen LogP contribution in [0.5, 0.6) is 5.75 Å². The van der Waals surface area contributed by atoms with Crippen molar-refractivity contribution in [2.24, 2.45) is 5.92 Å². The van der Waals surface area contributed by atoms with Gasteiger partial charge in [-0.05, 0) is 43.0 Å². The summed E-state index contributed by atoms with van der Waals surface area (Å²) in [5, 5.41) is 0. The molecule has 0 spiro atoms. The Hall–Kier alpha value is -1.59. The Morgan fingerprint density at radius 1 is 1.20 bits per heavy atom. The number of hydrogen-bond acceptors (Lipinski definition) is 4. The normalized spacial score (nSPS) is 21.7. The molecule has 0 radical (unpaired) electrons. The first kappa shape index (κ1) is 18.2. The molecule has 0 saturated carbocycles. The topological polar surface area (TPSA) is 42.0 Å². The van der Waals surface area contributed by atoms with E-state index in [9.17, 15) is 4.79 Å². The number of rotatable bonds is 6. The number of ether oxygens (including phenoxy) is 2. The van der Waals surface area contributed by atoms with Gasteiger partial charge in [-0.15, -0.1) is 0 Å². The molecule has 2 saturated heterocycles. The second kappa shape index (κ2) is 8.68. The van der Waals surface area contributed by atoms with Gasteiger partial charge in [-0.25, -0.2) is 0 Å². The average molecular weight is 346 g/mol. The molecule has 0 aromatic heterocycles. The Labute approximate surface area is 150 Å². The van der Waals surface area contributed by atoms with Crippen molar-refractivity contribution in [1.29, 1.82) is 0 Å². The summed E-state index contributed by atoms with van der Waals surface area (Å²) in [7, 11) is 0. The van der Waals surface area contributed by atoms with Gasteiger partial charge in [0.05, 0.1) is 6.10 Å². The molecule has 25 heavy (non-hydrogen) atoms. The summed E-state index contributed by atoms with van der Waals surface area (Å²) >= 11 is 0. The minimum Gasteiger partial charge on any atom is -0.491 e. The molecule has 0 aliphatic carbocycles. The Kier molecular flexibility index (Phi) is 6.32. The predicted molar refractivity (Wildman–Crippen MR) is 98.1 cm³/mol. The molecular formula is C20H30N2O3. The fourth-order valence-electron chi connectivity index (χ4n) is 3.49. The number of carbonyl (C=O) groups excluding carboxylic acids is 1. The summed E-state index contributed by atoms with van der Waals surface area (Å²) < 4.78 is 11.3. The smallest absolute Gasteiger partial charge is 0.253 e. The number of carbonyl (C=O) groups is 1. The summed E-state index contributed by atoms with van der Waals surface area (Å²) in [6, 6.07) is 7.51. The highest BCUT2D eigenvalue weighted by molar-refractivity contribution is 5.94. The second-order valence-corrected chi connectivity index (χ2v) is 7.46. The number of amides is 1. The molecule has 2 aliphatic heterocycles. The predicted octanol–water partition coefficient (Wildman–Crippen LogP) is 2.66. The number of benzene rings is 1. The van der Waals surface area contributed by atoms with E-state index in [1.165, 1.54) is 0 Å². The van der Waals surface area contributed by atoms with Gasteiger partial charge in [0.1, 0.15) is 12.4 Å². The maximum Gasteiger partial charge on any atom is 0.253 e. The molecule has 3 rings (SSSR count). The van der Waals surface area contributed by atoms with Crippen LogP contribution in [-0.2, 0) is 4.74 Å². The first-order valence-corrected chi connectivity index (χ1v) is 9.48. The molecule has 138 valence electrons. The Morgan fingerprint density at radius 2 is 1.92 bits per heavy atom. The quantitative estimate of drug-likeness (QED) is 0.794. The van der Waals surface area contributed by atoms with Crippen molar-refractivity contribution in [3.8, 4) is 5.75 Å². The third kappa shape index (κ3) is 5.19. The van der Waals surface area contributed by atoms with E-state index in [4.69, 9.17) is 9.47 Å². The maximum atomic E-state index is 12.7. The van der Waals surface area contributed by atoms with Gasteiger partial charge in [0.15, 0.2) is 0 Å². The lowest BCUT2D eigenvalue weighted by Crippen LogP contribution is -2.49. The van der Waals surface area contributed by atoms with E-state index in [0.717, 1.165) is 63.5 Å². The van der Waals surface area contributed by atoms with Crippen molar-refractivity contribution in [1.82, 2.24) is 9.80 Å². The summed E-state index contributed by atoms with van der Waals surface area (Å²) in [5.74, 6) is 1.59. The molecule has 1 amide bonds. The summed E-state index contributed by atoms with van der Waals surface area (Å²) in [6.45, 7) is 10.6. The van der Waals surface area contributed by atoms with Crippen LogP contribution >= 0.6 is 0 Å². The second-order valence-electron chi connectivity index (χ2n) is 7.46. The Balaban J connectivity index is 1.47. The molecule has 1 atom stereocenters. The maximum absolute atomic E-state index is 12.7. The molecule has 0 N–H and O–H groups in total. The van der Waals surface area contributed by atoms with Gasteiger partial charge >= 0.3 is 0 Å². The SMILES string of the molecule is CC(C)CN1CCN(C(=O)c2ccc(OCC3CCCO3)cc2)CC1. The fourth-order valence-corrected chi connectivity index (χ4v) is 3.49. The van der Waals surface area contributed by atoms with Crippen LogP contribution in [-0.4, -0.2) is 67.7 Å². The monoisotopic (exact) mass is 346 g/mol. The lowest BCUT2D eigenvalue weighted by molar-refractivity contribution is 0.0622. The molecule has 0 bridgehead atoms. The van der Waals surface area contributed by atoms with Crippen LogP contribution in [0.3, 0.4) is 0 Å².